The minimum atomic E-state index is -0.740. The first-order valence-electron chi connectivity index (χ1n) is 15.9. The van der Waals surface area contributed by atoms with Crippen molar-refractivity contribution < 1.29 is 19.1 Å². The van der Waals surface area contributed by atoms with Gasteiger partial charge in [-0.3, -0.25) is 9.59 Å². The van der Waals surface area contributed by atoms with E-state index in [1.54, 1.807) is 0 Å². The lowest BCUT2D eigenvalue weighted by atomic mass is 9.51. The molecule has 3 fully saturated rings. The van der Waals surface area contributed by atoms with E-state index in [1.807, 2.05) is 46.2 Å². The van der Waals surface area contributed by atoms with Crippen molar-refractivity contribution in [2.75, 3.05) is 39.4 Å². The summed E-state index contributed by atoms with van der Waals surface area (Å²) in [6.07, 6.45) is 7.62. The number of ether oxygens (including phenoxy) is 2. The SMILES string of the molecule is CCCCN1CC/C(=C2/C(COCc3ccccc3)/C(=C\COCc3ccccc3)C23CCN(CCCC)C3=O)C1=O. The molecule has 0 aromatic heterocycles. The molecule has 2 aromatic carbocycles. The van der Waals surface area contributed by atoms with Crippen molar-refractivity contribution in [3.05, 3.63) is 94.6 Å². The highest BCUT2D eigenvalue weighted by Crippen LogP contribution is 2.62. The van der Waals surface area contributed by atoms with Crippen LogP contribution in [0.4, 0.5) is 0 Å². The molecular formula is C36H46N2O4. The summed E-state index contributed by atoms with van der Waals surface area (Å²) in [4.78, 5) is 32.1. The maximum absolute atomic E-state index is 14.3. The second kappa shape index (κ2) is 14.3. The van der Waals surface area contributed by atoms with Gasteiger partial charge in [-0.25, -0.2) is 0 Å². The average molecular weight is 571 g/mol. The lowest BCUT2D eigenvalue weighted by Gasteiger charge is -2.50. The van der Waals surface area contributed by atoms with E-state index in [-0.39, 0.29) is 17.7 Å². The first kappa shape index (κ1) is 30.2. The van der Waals surface area contributed by atoms with Gasteiger partial charge >= 0.3 is 0 Å². The molecule has 0 N–H and O–H groups in total. The summed E-state index contributed by atoms with van der Waals surface area (Å²) in [5, 5.41) is 0. The molecule has 2 aromatic rings. The lowest BCUT2D eigenvalue weighted by molar-refractivity contribution is -0.135. The van der Waals surface area contributed by atoms with E-state index in [4.69, 9.17) is 9.47 Å². The van der Waals surface area contributed by atoms with Crippen molar-refractivity contribution in [2.24, 2.45) is 11.3 Å². The Hall–Kier alpha value is -3.22. The van der Waals surface area contributed by atoms with Crippen LogP contribution >= 0.6 is 0 Å². The first-order chi connectivity index (χ1) is 20.6. The van der Waals surface area contributed by atoms with Crippen LogP contribution in [-0.4, -0.2) is 61.0 Å². The number of amides is 2. The van der Waals surface area contributed by atoms with Crippen molar-refractivity contribution in [3.8, 4) is 0 Å². The number of rotatable bonds is 14. The zero-order chi connectivity index (χ0) is 29.4. The van der Waals surface area contributed by atoms with E-state index in [2.05, 4.69) is 44.2 Å². The highest BCUT2D eigenvalue weighted by Gasteiger charge is 2.64. The normalized spacial score (nSPS) is 24.8. The average Bonchev–Trinajstić information content (AvgIpc) is 3.55. The van der Waals surface area contributed by atoms with Crippen molar-refractivity contribution >= 4 is 11.8 Å². The number of carbonyl (C=O) groups excluding carboxylic acids is 2. The molecule has 2 atom stereocenters. The van der Waals surface area contributed by atoms with Gasteiger partial charge in [-0.2, -0.15) is 0 Å². The molecular weight excluding hydrogens is 524 g/mol. The molecule has 42 heavy (non-hydrogen) atoms. The van der Waals surface area contributed by atoms with Crippen LogP contribution in [-0.2, 0) is 32.3 Å². The van der Waals surface area contributed by atoms with Gasteiger partial charge in [-0.05, 0) is 48.0 Å². The quantitative estimate of drug-likeness (QED) is 0.151. The monoisotopic (exact) mass is 570 g/mol. The smallest absolute Gasteiger partial charge is 0.249 e. The van der Waals surface area contributed by atoms with E-state index in [9.17, 15) is 9.59 Å². The predicted molar refractivity (Wildman–Crippen MR) is 165 cm³/mol. The number of unbranched alkanes of at least 4 members (excludes halogenated alkanes) is 2. The molecule has 0 radical (unpaired) electrons. The number of carbonyl (C=O) groups is 2. The zero-order valence-electron chi connectivity index (χ0n) is 25.4. The van der Waals surface area contributed by atoms with Crippen LogP contribution in [0.25, 0.3) is 0 Å². The Balaban J connectivity index is 1.45. The minimum absolute atomic E-state index is 0.0887. The third-order valence-electron chi connectivity index (χ3n) is 9.08. The standard InChI is InChI=1S/C36H46N2O4/c1-3-5-20-37-22-17-30(34(37)39)33-31(27-42-26-29-15-11-8-12-16-29)32(18-24-41-25-28-13-9-7-10-14-28)36(33)19-23-38(35(36)40)21-6-4-2/h7-16,18,31H,3-6,17,19-27H2,1-2H3/b32-18+,33-30+. The molecule has 1 aliphatic carbocycles. The topological polar surface area (TPSA) is 59.1 Å². The molecule has 3 aliphatic rings. The molecule has 6 nitrogen and oxygen atoms in total. The van der Waals surface area contributed by atoms with E-state index in [0.29, 0.717) is 32.8 Å². The summed E-state index contributed by atoms with van der Waals surface area (Å²) < 4.78 is 12.4. The Kier molecular flexibility index (Phi) is 10.3. The van der Waals surface area contributed by atoms with Crippen molar-refractivity contribution in [2.45, 2.75) is 65.6 Å². The van der Waals surface area contributed by atoms with Crippen LogP contribution in [0.5, 0.6) is 0 Å². The number of likely N-dealkylation sites (tertiary alicyclic amines) is 2. The van der Waals surface area contributed by atoms with Gasteiger partial charge < -0.3 is 19.3 Å². The van der Waals surface area contributed by atoms with Crippen LogP contribution in [0.15, 0.2) is 83.5 Å². The van der Waals surface area contributed by atoms with Gasteiger partial charge in [0.15, 0.2) is 0 Å². The summed E-state index contributed by atoms with van der Waals surface area (Å²) in [6, 6.07) is 20.3. The zero-order valence-corrected chi connectivity index (χ0v) is 25.4. The van der Waals surface area contributed by atoms with Crippen LogP contribution in [0.2, 0.25) is 0 Å². The molecule has 224 valence electrons. The number of hydrogen-bond acceptors (Lipinski definition) is 4. The molecule has 2 unspecified atom stereocenters. The largest absolute Gasteiger partial charge is 0.376 e. The Bertz CT molecular complexity index is 1270. The second-order valence-electron chi connectivity index (χ2n) is 11.8. The summed E-state index contributed by atoms with van der Waals surface area (Å²) >= 11 is 0. The van der Waals surface area contributed by atoms with E-state index >= 15 is 0 Å². The molecule has 5 rings (SSSR count). The molecule has 2 aliphatic heterocycles. The number of benzene rings is 2. The molecule has 2 heterocycles. The van der Waals surface area contributed by atoms with Gasteiger partial charge in [0, 0.05) is 37.7 Å². The van der Waals surface area contributed by atoms with Crippen LogP contribution in [0.3, 0.4) is 0 Å². The Morgan fingerprint density at radius 1 is 0.833 bits per heavy atom. The second-order valence-corrected chi connectivity index (χ2v) is 11.8. The Morgan fingerprint density at radius 2 is 1.45 bits per heavy atom. The number of hydrogen-bond donors (Lipinski definition) is 0. The van der Waals surface area contributed by atoms with Gasteiger partial charge in [-0.15, -0.1) is 0 Å². The van der Waals surface area contributed by atoms with Gasteiger partial charge in [0.1, 0.15) is 0 Å². The maximum Gasteiger partial charge on any atom is 0.249 e. The van der Waals surface area contributed by atoms with E-state index < -0.39 is 5.41 Å². The fraction of sp³-hybridized carbons (Fsp3) is 0.500. The van der Waals surface area contributed by atoms with Gasteiger partial charge in [0.25, 0.3) is 0 Å². The van der Waals surface area contributed by atoms with Crippen LogP contribution in [0.1, 0.15) is 63.5 Å². The molecule has 2 amide bonds. The minimum Gasteiger partial charge on any atom is -0.376 e. The summed E-state index contributed by atoms with van der Waals surface area (Å²) in [6.45, 7) is 9.20. The van der Waals surface area contributed by atoms with Crippen LogP contribution in [0, 0.1) is 11.3 Å². The Labute approximate surface area is 251 Å². The third kappa shape index (κ3) is 6.25. The van der Waals surface area contributed by atoms with Crippen molar-refractivity contribution in [1.29, 1.82) is 0 Å². The van der Waals surface area contributed by atoms with Gasteiger partial charge in [0.2, 0.25) is 11.8 Å². The molecule has 1 spiro atoms. The van der Waals surface area contributed by atoms with E-state index in [0.717, 1.165) is 86.1 Å². The van der Waals surface area contributed by atoms with Crippen molar-refractivity contribution in [1.82, 2.24) is 9.80 Å². The predicted octanol–water partition coefficient (Wildman–Crippen LogP) is 6.32. The van der Waals surface area contributed by atoms with Crippen molar-refractivity contribution in [3.63, 3.8) is 0 Å². The molecule has 1 saturated carbocycles. The fourth-order valence-electron chi connectivity index (χ4n) is 6.87. The number of nitrogens with zero attached hydrogens (tertiary/aromatic N) is 2. The highest BCUT2D eigenvalue weighted by molar-refractivity contribution is 6.02. The highest BCUT2D eigenvalue weighted by atomic mass is 16.5. The summed E-state index contributed by atoms with van der Waals surface area (Å²) in [5.74, 6) is 0.186. The molecule has 2 saturated heterocycles. The first-order valence-corrected chi connectivity index (χ1v) is 15.9. The van der Waals surface area contributed by atoms with Crippen LogP contribution < -0.4 is 0 Å². The third-order valence-corrected chi connectivity index (χ3v) is 9.08. The maximum atomic E-state index is 14.3. The van der Waals surface area contributed by atoms with E-state index in [1.165, 1.54) is 0 Å². The Morgan fingerprint density at radius 3 is 2.10 bits per heavy atom. The molecule has 6 heteroatoms. The lowest BCUT2D eigenvalue weighted by Crippen LogP contribution is -2.52. The fourth-order valence-corrected chi connectivity index (χ4v) is 6.87. The molecule has 0 bridgehead atoms. The summed E-state index contributed by atoms with van der Waals surface area (Å²) in [5.41, 5.74) is 4.45. The van der Waals surface area contributed by atoms with Gasteiger partial charge in [0.05, 0.1) is 31.8 Å². The summed E-state index contributed by atoms with van der Waals surface area (Å²) in [7, 11) is 0. The van der Waals surface area contributed by atoms with Gasteiger partial charge in [-0.1, -0.05) is 93.4 Å².